The lowest BCUT2D eigenvalue weighted by atomic mass is 10.4. The molecule has 0 saturated heterocycles. The Labute approximate surface area is 75.6 Å². The molecule has 1 heterocycles. The quantitative estimate of drug-likeness (QED) is 0.683. The first-order chi connectivity index (χ1) is 5.41. The van der Waals surface area contributed by atoms with Crippen molar-refractivity contribution in [3.63, 3.8) is 0 Å². The molecule has 1 aromatic heterocycles. The van der Waals surface area contributed by atoms with E-state index in [9.17, 15) is 8.42 Å². The molecule has 1 atom stereocenters. The maximum Gasteiger partial charge on any atom is 0.240 e. The zero-order valence-corrected chi connectivity index (χ0v) is 8.30. The summed E-state index contributed by atoms with van der Waals surface area (Å²) in [6, 6.07) is 0. The summed E-state index contributed by atoms with van der Waals surface area (Å²) in [7, 11) is 3.37. The van der Waals surface area contributed by atoms with Crippen LogP contribution in [0.2, 0.25) is 0 Å². The molecular weight excluding hydrogens is 200 g/mol. The molecule has 0 N–H and O–H groups in total. The van der Waals surface area contributed by atoms with Crippen molar-refractivity contribution < 1.29 is 8.42 Å². The predicted octanol–water partition coefficient (Wildman–Crippen LogP) is 1.05. The van der Waals surface area contributed by atoms with E-state index in [1.165, 1.54) is 13.3 Å². The monoisotopic (exact) mass is 208 g/mol. The highest BCUT2D eigenvalue weighted by molar-refractivity contribution is 8.13. The van der Waals surface area contributed by atoms with E-state index >= 15 is 0 Å². The number of hydrogen-bond acceptors (Lipinski definition) is 3. The predicted molar refractivity (Wildman–Crippen MR) is 46.4 cm³/mol. The Morgan fingerprint density at radius 1 is 1.67 bits per heavy atom. The van der Waals surface area contributed by atoms with Gasteiger partial charge >= 0.3 is 0 Å². The molecule has 1 aromatic rings. The zero-order chi connectivity index (χ0) is 9.35. The van der Waals surface area contributed by atoms with Crippen LogP contribution in [0.4, 0.5) is 0 Å². The van der Waals surface area contributed by atoms with Crippen LogP contribution >= 0.6 is 10.7 Å². The van der Waals surface area contributed by atoms with Gasteiger partial charge in [-0.25, -0.2) is 13.4 Å². The van der Waals surface area contributed by atoms with Gasteiger partial charge in [-0.3, -0.25) is 0 Å². The Bertz CT molecular complexity index is 371. The highest BCUT2D eigenvalue weighted by atomic mass is 35.7. The van der Waals surface area contributed by atoms with Crippen LogP contribution in [0.5, 0.6) is 0 Å². The van der Waals surface area contributed by atoms with Crippen LogP contribution in [-0.4, -0.2) is 18.0 Å². The van der Waals surface area contributed by atoms with Crippen LogP contribution in [0.25, 0.3) is 0 Å². The van der Waals surface area contributed by atoms with Gasteiger partial charge in [0.1, 0.15) is 5.25 Å². The van der Waals surface area contributed by atoms with E-state index in [1.807, 2.05) is 0 Å². The van der Waals surface area contributed by atoms with Gasteiger partial charge < -0.3 is 4.57 Å². The molecule has 0 saturated carbocycles. The van der Waals surface area contributed by atoms with Crippen molar-refractivity contribution >= 4 is 19.7 Å². The van der Waals surface area contributed by atoms with E-state index in [1.54, 1.807) is 17.8 Å². The minimum absolute atomic E-state index is 0.465. The Hall–Kier alpha value is -0.550. The zero-order valence-electron chi connectivity index (χ0n) is 6.73. The molecular formula is C6H9ClN2O2S. The normalized spacial score (nSPS) is 14.6. The highest BCUT2D eigenvalue weighted by Crippen LogP contribution is 2.22. The fourth-order valence-corrected chi connectivity index (χ4v) is 1.47. The van der Waals surface area contributed by atoms with E-state index in [-0.39, 0.29) is 0 Å². The third kappa shape index (κ3) is 1.98. The molecule has 0 aliphatic carbocycles. The molecule has 0 spiro atoms. The highest BCUT2D eigenvalue weighted by Gasteiger charge is 2.21. The minimum atomic E-state index is -3.55. The van der Waals surface area contributed by atoms with E-state index in [0.29, 0.717) is 5.69 Å². The molecule has 0 aliphatic rings. The maximum absolute atomic E-state index is 10.9. The molecule has 6 heteroatoms. The summed E-state index contributed by atoms with van der Waals surface area (Å²) in [6.45, 7) is 1.50. The standard InChI is InChI=1S/C6H9ClN2O2S/c1-5(12(7,10)11)6-3-9(2)4-8-6/h3-5H,1-2H3. The van der Waals surface area contributed by atoms with Crippen molar-refractivity contribution in [2.45, 2.75) is 12.2 Å². The maximum atomic E-state index is 10.9. The first-order valence-electron chi connectivity index (χ1n) is 3.32. The Morgan fingerprint density at radius 3 is 2.58 bits per heavy atom. The number of halogens is 1. The second-order valence-corrected chi connectivity index (χ2v) is 5.53. The van der Waals surface area contributed by atoms with Crippen LogP contribution in [-0.2, 0) is 16.1 Å². The molecule has 0 aliphatic heterocycles. The van der Waals surface area contributed by atoms with E-state index in [0.717, 1.165) is 0 Å². The first-order valence-corrected chi connectivity index (χ1v) is 5.70. The number of imidazole rings is 1. The molecule has 12 heavy (non-hydrogen) atoms. The second-order valence-electron chi connectivity index (χ2n) is 2.58. The van der Waals surface area contributed by atoms with Crippen LogP contribution in [0.3, 0.4) is 0 Å². The third-order valence-electron chi connectivity index (χ3n) is 1.56. The number of rotatable bonds is 2. The Morgan fingerprint density at radius 2 is 2.25 bits per heavy atom. The summed E-state index contributed by atoms with van der Waals surface area (Å²) in [5, 5.41) is -0.750. The summed E-state index contributed by atoms with van der Waals surface area (Å²) < 4.78 is 23.4. The first kappa shape index (κ1) is 9.54. The molecule has 0 fully saturated rings. The van der Waals surface area contributed by atoms with Crippen molar-refractivity contribution in [1.82, 2.24) is 9.55 Å². The lowest BCUT2D eigenvalue weighted by Gasteiger charge is -2.01. The van der Waals surface area contributed by atoms with Gasteiger partial charge in [-0.05, 0) is 6.92 Å². The average molecular weight is 209 g/mol. The fourth-order valence-electron chi connectivity index (χ4n) is 0.787. The molecule has 1 unspecified atom stereocenters. The summed E-state index contributed by atoms with van der Waals surface area (Å²) in [5.74, 6) is 0. The van der Waals surface area contributed by atoms with Gasteiger partial charge in [-0.1, -0.05) is 0 Å². The number of hydrogen-bond donors (Lipinski definition) is 0. The second kappa shape index (κ2) is 3.06. The third-order valence-corrected chi connectivity index (χ3v) is 3.45. The topological polar surface area (TPSA) is 52.0 Å². The Balaban J connectivity index is 3.01. The summed E-state index contributed by atoms with van der Waals surface area (Å²) in [5.41, 5.74) is 0.465. The van der Waals surface area contributed by atoms with Gasteiger partial charge in [0.2, 0.25) is 9.05 Å². The summed E-state index contributed by atoms with van der Waals surface area (Å²) >= 11 is 0. The van der Waals surface area contributed by atoms with Crippen LogP contribution in [0.15, 0.2) is 12.5 Å². The van der Waals surface area contributed by atoms with Gasteiger partial charge in [-0.15, -0.1) is 0 Å². The van der Waals surface area contributed by atoms with Gasteiger partial charge in [0.15, 0.2) is 0 Å². The summed E-state index contributed by atoms with van der Waals surface area (Å²) in [6.07, 6.45) is 3.17. The molecule has 1 rings (SSSR count). The van der Waals surface area contributed by atoms with Crippen molar-refractivity contribution in [2.75, 3.05) is 0 Å². The number of nitrogens with zero attached hydrogens (tertiary/aromatic N) is 2. The van der Waals surface area contributed by atoms with Crippen molar-refractivity contribution in [1.29, 1.82) is 0 Å². The van der Waals surface area contributed by atoms with Crippen LogP contribution in [0, 0.1) is 0 Å². The smallest absolute Gasteiger partial charge is 0.240 e. The fraction of sp³-hybridized carbons (Fsp3) is 0.500. The summed E-state index contributed by atoms with van der Waals surface area (Å²) in [4.78, 5) is 3.88. The van der Waals surface area contributed by atoms with E-state index in [2.05, 4.69) is 4.98 Å². The minimum Gasteiger partial charge on any atom is -0.340 e. The SMILES string of the molecule is CC(c1cn(C)cn1)S(=O)(=O)Cl. The molecule has 0 bridgehead atoms. The average Bonchev–Trinajstić information content (AvgIpc) is 2.32. The number of aryl methyl sites for hydroxylation is 1. The molecule has 0 radical (unpaired) electrons. The van der Waals surface area contributed by atoms with Crippen LogP contribution < -0.4 is 0 Å². The lowest BCUT2D eigenvalue weighted by molar-refractivity contribution is 0.599. The molecule has 68 valence electrons. The van der Waals surface area contributed by atoms with Gasteiger partial charge in [0.05, 0.1) is 12.0 Å². The molecule has 0 amide bonds. The molecule has 4 nitrogen and oxygen atoms in total. The van der Waals surface area contributed by atoms with Crippen molar-refractivity contribution in [3.05, 3.63) is 18.2 Å². The van der Waals surface area contributed by atoms with Gasteiger partial charge in [-0.2, -0.15) is 0 Å². The van der Waals surface area contributed by atoms with Crippen molar-refractivity contribution in [3.8, 4) is 0 Å². The van der Waals surface area contributed by atoms with E-state index < -0.39 is 14.3 Å². The number of aromatic nitrogens is 2. The van der Waals surface area contributed by atoms with Crippen LogP contribution in [0.1, 0.15) is 17.9 Å². The Kier molecular flexibility index (Phi) is 2.44. The van der Waals surface area contributed by atoms with Gasteiger partial charge in [0, 0.05) is 23.9 Å². The van der Waals surface area contributed by atoms with Crippen molar-refractivity contribution in [2.24, 2.45) is 7.05 Å². The van der Waals surface area contributed by atoms with Gasteiger partial charge in [0.25, 0.3) is 0 Å². The largest absolute Gasteiger partial charge is 0.340 e. The lowest BCUT2D eigenvalue weighted by Crippen LogP contribution is -2.02. The molecule has 0 aromatic carbocycles. The van der Waals surface area contributed by atoms with E-state index in [4.69, 9.17) is 10.7 Å².